The molecule has 2 saturated heterocycles. The Morgan fingerprint density at radius 2 is 2.15 bits per heavy atom. The van der Waals surface area contributed by atoms with Gasteiger partial charge in [-0.15, -0.1) is 10.2 Å². The number of piperazine rings is 2. The first-order valence-electron chi connectivity index (χ1n) is 8.94. The first-order chi connectivity index (χ1) is 13.0. The number of hydrogen-bond acceptors (Lipinski definition) is 6. The molecule has 2 N–H and O–H groups in total. The molecule has 1 unspecified atom stereocenters. The van der Waals surface area contributed by atoms with Crippen LogP contribution in [0.3, 0.4) is 0 Å². The Hall–Kier alpha value is -3.01. The van der Waals surface area contributed by atoms with Gasteiger partial charge >= 0.3 is 6.03 Å². The highest BCUT2D eigenvalue weighted by Gasteiger charge is 2.36. The van der Waals surface area contributed by atoms with Crippen molar-refractivity contribution in [1.29, 1.82) is 0 Å². The van der Waals surface area contributed by atoms with Crippen molar-refractivity contribution in [1.82, 2.24) is 35.3 Å². The molecule has 10 heteroatoms. The molecular formula is C17H22N8O2. The zero-order valence-corrected chi connectivity index (χ0v) is 15.3. The number of tetrazole rings is 1. The largest absolute Gasteiger partial charge is 0.353 e. The maximum atomic E-state index is 12.8. The van der Waals surface area contributed by atoms with Crippen LogP contribution in [0.25, 0.3) is 11.4 Å². The predicted octanol–water partition coefficient (Wildman–Crippen LogP) is -0.167. The summed E-state index contributed by atoms with van der Waals surface area (Å²) in [5.41, 5.74) is 2.41. The Labute approximate surface area is 156 Å². The standard InChI is InChI=1S/C17H22N8O2/c1-11-3-4-12(15-20-22-23(2)21-15)9-13(11)19-17(27)25-8-7-24-6-5-18-16(26)14(24)10-25/h3-4,9,14H,5-8,10H2,1-2H3,(H,18,26)(H,19,27). The molecule has 2 fully saturated rings. The molecule has 142 valence electrons. The van der Waals surface area contributed by atoms with Gasteiger partial charge in [-0.3, -0.25) is 9.69 Å². The van der Waals surface area contributed by atoms with E-state index in [2.05, 4.69) is 30.9 Å². The Morgan fingerprint density at radius 1 is 1.30 bits per heavy atom. The zero-order valence-electron chi connectivity index (χ0n) is 15.3. The molecule has 27 heavy (non-hydrogen) atoms. The SMILES string of the molecule is Cc1ccc(-c2nnn(C)n2)cc1NC(=O)N1CCN2CCNC(=O)C2C1. The summed E-state index contributed by atoms with van der Waals surface area (Å²) >= 11 is 0. The maximum absolute atomic E-state index is 12.8. The molecule has 3 heterocycles. The van der Waals surface area contributed by atoms with E-state index in [0.717, 1.165) is 17.7 Å². The predicted molar refractivity (Wildman–Crippen MR) is 97.9 cm³/mol. The summed E-state index contributed by atoms with van der Waals surface area (Å²) in [7, 11) is 1.70. The lowest BCUT2D eigenvalue weighted by Crippen LogP contribution is -2.64. The van der Waals surface area contributed by atoms with Crippen LogP contribution >= 0.6 is 0 Å². The highest BCUT2D eigenvalue weighted by Crippen LogP contribution is 2.23. The summed E-state index contributed by atoms with van der Waals surface area (Å²) in [6, 6.07) is 5.17. The molecule has 2 aliphatic heterocycles. The Morgan fingerprint density at radius 3 is 2.93 bits per heavy atom. The van der Waals surface area contributed by atoms with Gasteiger partial charge in [-0.05, 0) is 23.8 Å². The van der Waals surface area contributed by atoms with E-state index in [4.69, 9.17) is 0 Å². The quantitative estimate of drug-likeness (QED) is 0.760. The fourth-order valence-corrected chi connectivity index (χ4v) is 3.45. The van der Waals surface area contributed by atoms with E-state index in [9.17, 15) is 9.59 Å². The van der Waals surface area contributed by atoms with Crippen LogP contribution in [0.4, 0.5) is 10.5 Å². The van der Waals surface area contributed by atoms with Gasteiger partial charge in [0.2, 0.25) is 11.7 Å². The summed E-state index contributed by atoms with van der Waals surface area (Å²) < 4.78 is 0. The van der Waals surface area contributed by atoms with Crippen molar-refractivity contribution in [3.8, 4) is 11.4 Å². The smallest absolute Gasteiger partial charge is 0.321 e. The van der Waals surface area contributed by atoms with Gasteiger partial charge in [0.25, 0.3) is 0 Å². The van der Waals surface area contributed by atoms with E-state index in [1.807, 2.05) is 25.1 Å². The average molecular weight is 370 g/mol. The van der Waals surface area contributed by atoms with Crippen LogP contribution in [0.15, 0.2) is 18.2 Å². The first kappa shape index (κ1) is 17.4. The van der Waals surface area contributed by atoms with E-state index in [-0.39, 0.29) is 18.0 Å². The number of urea groups is 1. The number of nitrogens with one attached hydrogen (secondary N) is 2. The van der Waals surface area contributed by atoms with E-state index < -0.39 is 0 Å². The van der Waals surface area contributed by atoms with Crippen LogP contribution in [0, 0.1) is 6.92 Å². The van der Waals surface area contributed by atoms with Crippen LogP contribution in [0.5, 0.6) is 0 Å². The molecule has 1 aromatic carbocycles. The van der Waals surface area contributed by atoms with Gasteiger partial charge in [-0.1, -0.05) is 12.1 Å². The lowest BCUT2D eigenvalue weighted by molar-refractivity contribution is -0.131. The van der Waals surface area contributed by atoms with Crippen molar-refractivity contribution in [3.05, 3.63) is 23.8 Å². The zero-order chi connectivity index (χ0) is 19.0. The van der Waals surface area contributed by atoms with Crippen LogP contribution in [-0.2, 0) is 11.8 Å². The van der Waals surface area contributed by atoms with E-state index in [0.29, 0.717) is 37.7 Å². The molecule has 2 aromatic rings. The van der Waals surface area contributed by atoms with Gasteiger partial charge < -0.3 is 15.5 Å². The lowest BCUT2D eigenvalue weighted by Gasteiger charge is -2.42. The number of carbonyl (C=O) groups is 2. The second-order valence-electron chi connectivity index (χ2n) is 6.85. The summed E-state index contributed by atoms with van der Waals surface area (Å²) in [5, 5.41) is 17.9. The number of nitrogens with zero attached hydrogens (tertiary/aromatic N) is 6. The number of hydrogen-bond donors (Lipinski definition) is 2. The van der Waals surface area contributed by atoms with Crippen LogP contribution in [-0.4, -0.2) is 80.7 Å². The van der Waals surface area contributed by atoms with Gasteiger partial charge in [-0.2, -0.15) is 4.80 Å². The molecule has 4 rings (SSSR count). The van der Waals surface area contributed by atoms with Crippen molar-refractivity contribution >= 4 is 17.6 Å². The number of carbonyl (C=O) groups excluding carboxylic acids is 2. The Balaban J connectivity index is 1.48. The molecule has 0 bridgehead atoms. The number of fused-ring (bicyclic) bond motifs is 1. The van der Waals surface area contributed by atoms with Crippen molar-refractivity contribution in [2.45, 2.75) is 13.0 Å². The van der Waals surface area contributed by atoms with E-state index in [1.54, 1.807) is 11.9 Å². The van der Waals surface area contributed by atoms with Gasteiger partial charge in [0.15, 0.2) is 0 Å². The normalized spacial score (nSPS) is 20.1. The van der Waals surface area contributed by atoms with Crippen molar-refractivity contribution in [2.24, 2.45) is 7.05 Å². The third kappa shape index (κ3) is 3.47. The minimum absolute atomic E-state index is 0.00865. The molecule has 2 aliphatic rings. The number of benzene rings is 1. The summed E-state index contributed by atoms with van der Waals surface area (Å²) in [6.07, 6.45) is 0. The van der Waals surface area contributed by atoms with E-state index in [1.165, 1.54) is 4.80 Å². The van der Waals surface area contributed by atoms with Crippen molar-refractivity contribution in [2.75, 3.05) is 38.0 Å². The van der Waals surface area contributed by atoms with Gasteiger partial charge in [0, 0.05) is 44.0 Å². The second-order valence-corrected chi connectivity index (χ2v) is 6.85. The van der Waals surface area contributed by atoms with Gasteiger partial charge in [0.05, 0.1) is 7.05 Å². The number of amides is 3. The fourth-order valence-electron chi connectivity index (χ4n) is 3.45. The van der Waals surface area contributed by atoms with Crippen LogP contribution in [0.1, 0.15) is 5.56 Å². The number of aryl methyl sites for hydroxylation is 2. The maximum Gasteiger partial charge on any atom is 0.321 e. The third-order valence-electron chi connectivity index (χ3n) is 5.03. The third-order valence-corrected chi connectivity index (χ3v) is 5.03. The fraction of sp³-hybridized carbons (Fsp3) is 0.471. The summed E-state index contributed by atoms with van der Waals surface area (Å²) in [4.78, 5) is 30.1. The Kier molecular flexibility index (Phi) is 4.48. The number of aromatic nitrogens is 4. The summed E-state index contributed by atoms with van der Waals surface area (Å²) in [6.45, 7) is 5.12. The first-order valence-corrected chi connectivity index (χ1v) is 8.94. The highest BCUT2D eigenvalue weighted by molar-refractivity contribution is 5.92. The van der Waals surface area contributed by atoms with Gasteiger partial charge in [-0.25, -0.2) is 4.79 Å². The minimum Gasteiger partial charge on any atom is -0.353 e. The molecule has 3 amide bonds. The molecule has 1 aromatic heterocycles. The molecule has 0 spiro atoms. The molecule has 0 radical (unpaired) electrons. The molecule has 0 saturated carbocycles. The topological polar surface area (TPSA) is 108 Å². The molecule has 0 aliphatic carbocycles. The number of anilines is 1. The minimum atomic E-state index is -0.269. The van der Waals surface area contributed by atoms with Gasteiger partial charge in [0.1, 0.15) is 6.04 Å². The van der Waals surface area contributed by atoms with Crippen LogP contribution < -0.4 is 10.6 Å². The molecule has 1 atom stereocenters. The second kappa shape index (κ2) is 6.95. The van der Waals surface area contributed by atoms with E-state index >= 15 is 0 Å². The van der Waals surface area contributed by atoms with Crippen molar-refractivity contribution in [3.63, 3.8) is 0 Å². The lowest BCUT2D eigenvalue weighted by atomic mass is 10.1. The van der Waals surface area contributed by atoms with Crippen LogP contribution in [0.2, 0.25) is 0 Å². The monoisotopic (exact) mass is 370 g/mol. The Bertz CT molecular complexity index is 880. The molecule has 10 nitrogen and oxygen atoms in total. The summed E-state index contributed by atoms with van der Waals surface area (Å²) in [5.74, 6) is 0.492. The average Bonchev–Trinajstić information content (AvgIpc) is 3.10. The molecular weight excluding hydrogens is 348 g/mol. The number of rotatable bonds is 2. The highest BCUT2D eigenvalue weighted by atomic mass is 16.2. The van der Waals surface area contributed by atoms with Crippen molar-refractivity contribution < 1.29 is 9.59 Å².